The minimum atomic E-state index is 0.123. The van der Waals surface area contributed by atoms with Crippen LogP contribution in [0.25, 0.3) is 0 Å². The molecule has 21 heavy (non-hydrogen) atoms. The molecule has 1 fully saturated rings. The minimum absolute atomic E-state index is 0.123. The first-order valence-corrected chi connectivity index (χ1v) is 8.70. The van der Waals surface area contributed by atoms with E-state index in [0.29, 0.717) is 6.04 Å². The number of nitrogens with zero attached hydrogens (tertiary/aromatic N) is 2. The maximum Gasteiger partial charge on any atom is 0.114 e. The number of rotatable bonds is 1. The molecule has 0 aromatic carbocycles. The van der Waals surface area contributed by atoms with E-state index >= 15 is 0 Å². The highest BCUT2D eigenvalue weighted by Gasteiger charge is 2.35. The molecule has 1 saturated carbocycles. The molecule has 3 unspecified atom stereocenters. The average molecular weight is 289 g/mol. The minimum Gasteiger partial charge on any atom is -0.328 e. The fourth-order valence-electron chi connectivity index (χ4n) is 4.14. The summed E-state index contributed by atoms with van der Waals surface area (Å²) in [5, 5.41) is 3.48. The summed E-state index contributed by atoms with van der Waals surface area (Å²) in [6.45, 7) is 13.8. The Kier molecular flexibility index (Phi) is 3.89. The van der Waals surface area contributed by atoms with E-state index in [2.05, 4.69) is 44.5 Å². The molecular weight excluding hydrogens is 258 g/mol. The van der Waals surface area contributed by atoms with E-state index in [1.165, 1.54) is 36.5 Å². The summed E-state index contributed by atoms with van der Waals surface area (Å²) >= 11 is 0. The summed E-state index contributed by atoms with van der Waals surface area (Å²) in [5.74, 6) is 2.89. The molecule has 1 aromatic rings. The summed E-state index contributed by atoms with van der Waals surface area (Å²) in [4.78, 5) is 5.06. The molecule has 3 nitrogen and oxygen atoms in total. The molecule has 3 atom stereocenters. The Morgan fingerprint density at radius 3 is 2.67 bits per heavy atom. The average Bonchev–Trinajstić information content (AvgIpc) is 2.81. The van der Waals surface area contributed by atoms with E-state index in [-0.39, 0.29) is 5.41 Å². The Bertz CT molecular complexity index is 509. The predicted octanol–water partition coefficient (Wildman–Crippen LogP) is 3.82. The van der Waals surface area contributed by atoms with Crippen LogP contribution in [0.4, 0.5) is 0 Å². The topological polar surface area (TPSA) is 29.9 Å². The molecule has 0 saturated heterocycles. The first-order valence-electron chi connectivity index (χ1n) is 8.70. The van der Waals surface area contributed by atoms with Crippen LogP contribution in [0, 0.1) is 11.8 Å². The van der Waals surface area contributed by atoms with Crippen molar-refractivity contribution in [1.29, 1.82) is 0 Å². The SMILES string of the molecule is CC1CCCC(n2c(C(C)(C)C)nc3c2CCNC3)C1C. The van der Waals surface area contributed by atoms with Gasteiger partial charge in [0.2, 0.25) is 0 Å². The Balaban J connectivity index is 2.09. The fraction of sp³-hybridized carbons (Fsp3) is 0.833. The van der Waals surface area contributed by atoms with E-state index in [0.717, 1.165) is 31.3 Å². The fourth-order valence-corrected chi connectivity index (χ4v) is 4.14. The van der Waals surface area contributed by atoms with Crippen molar-refractivity contribution in [2.45, 2.75) is 78.3 Å². The Morgan fingerprint density at radius 1 is 1.19 bits per heavy atom. The van der Waals surface area contributed by atoms with Gasteiger partial charge in [0, 0.05) is 36.7 Å². The van der Waals surface area contributed by atoms with Crippen LogP contribution in [0.15, 0.2) is 0 Å². The molecule has 0 radical (unpaired) electrons. The summed E-state index contributed by atoms with van der Waals surface area (Å²) in [7, 11) is 0. The molecular formula is C18H31N3. The molecule has 1 aliphatic carbocycles. The van der Waals surface area contributed by atoms with Crippen LogP contribution in [0.5, 0.6) is 0 Å². The third kappa shape index (κ3) is 2.65. The van der Waals surface area contributed by atoms with Gasteiger partial charge in [0.25, 0.3) is 0 Å². The van der Waals surface area contributed by atoms with Gasteiger partial charge >= 0.3 is 0 Å². The first-order chi connectivity index (χ1) is 9.89. The largest absolute Gasteiger partial charge is 0.328 e. The van der Waals surface area contributed by atoms with Crippen LogP contribution in [0.2, 0.25) is 0 Å². The summed E-state index contributed by atoms with van der Waals surface area (Å²) < 4.78 is 2.66. The van der Waals surface area contributed by atoms with Gasteiger partial charge in [0.05, 0.1) is 5.69 Å². The molecule has 2 heterocycles. The number of nitrogens with one attached hydrogen (secondary N) is 1. The van der Waals surface area contributed by atoms with Crippen LogP contribution >= 0.6 is 0 Å². The van der Waals surface area contributed by atoms with Gasteiger partial charge in [-0.1, -0.05) is 47.5 Å². The normalized spacial score (nSPS) is 30.2. The van der Waals surface area contributed by atoms with E-state index < -0.39 is 0 Å². The monoisotopic (exact) mass is 289 g/mol. The van der Waals surface area contributed by atoms with Crippen LogP contribution in [-0.2, 0) is 18.4 Å². The second-order valence-corrected chi connectivity index (χ2v) is 8.21. The highest BCUT2D eigenvalue weighted by Crippen LogP contribution is 2.41. The van der Waals surface area contributed by atoms with Gasteiger partial charge in [0.1, 0.15) is 5.82 Å². The third-order valence-electron chi connectivity index (χ3n) is 5.59. The van der Waals surface area contributed by atoms with Crippen molar-refractivity contribution >= 4 is 0 Å². The van der Waals surface area contributed by atoms with Crippen LogP contribution < -0.4 is 5.32 Å². The van der Waals surface area contributed by atoms with Gasteiger partial charge in [-0.2, -0.15) is 0 Å². The number of aromatic nitrogens is 2. The molecule has 0 amide bonds. The molecule has 1 aliphatic heterocycles. The van der Waals surface area contributed by atoms with Gasteiger partial charge in [0.15, 0.2) is 0 Å². The first kappa shape index (κ1) is 15.1. The lowest BCUT2D eigenvalue weighted by Gasteiger charge is -2.38. The van der Waals surface area contributed by atoms with Crippen LogP contribution in [-0.4, -0.2) is 16.1 Å². The highest BCUT2D eigenvalue weighted by atomic mass is 15.2. The quantitative estimate of drug-likeness (QED) is 0.851. The zero-order chi connectivity index (χ0) is 15.2. The third-order valence-corrected chi connectivity index (χ3v) is 5.59. The molecule has 1 N–H and O–H groups in total. The van der Waals surface area contributed by atoms with E-state index in [4.69, 9.17) is 4.98 Å². The van der Waals surface area contributed by atoms with Gasteiger partial charge in [-0.05, 0) is 18.3 Å². The number of imidazole rings is 1. The highest BCUT2D eigenvalue weighted by molar-refractivity contribution is 5.25. The maximum atomic E-state index is 5.06. The van der Waals surface area contributed by atoms with E-state index in [1.807, 2.05) is 0 Å². The summed E-state index contributed by atoms with van der Waals surface area (Å²) in [6.07, 6.45) is 5.22. The van der Waals surface area contributed by atoms with Gasteiger partial charge in [-0.25, -0.2) is 4.98 Å². The number of fused-ring (bicyclic) bond motifs is 1. The lowest BCUT2D eigenvalue weighted by Crippen LogP contribution is -2.33. The molecule has 2 aliphatic rings. The predicted molar refractivity (Wildman–Crippen MR) is 87.6 cm³/mol. The second-order valence-electron chi connectivity index (χ2n) is 8.21. The van der Waals surface area contributed by atoms with Crippen molar-refractivity contribution in [2.24, 2.45) is 11.8 Å². The number of hydrogen-bond donors (Lipinski definition) is 1. The second kappa shape index (κ2) is 5.42. The standard InChI is InChI=1S/C18H31N3/c1-12-7-6-8-15(13(12)2)21-16-9-10-19-11-14(16)20-17(21)18(3,4)5/h12-13,15,19H,6-11H2,1-5H3. The van der Waals surface area contributed by atoms with Crippen molar-refractivity contribution in [3.05, 3.63) is 17.2 Å². The molecule has 118 valence electrons. The van der Waals surface area contributed by atoms with E-state index in [9.17, 15) is 0 Å². The zero-order valence-corrected chi connectivity index (χ0v) is 14.4. The lowest BCUT2D eigenvalue weighted by molar-refractivity contribution is 0.176. The van der Waals surface area contributed by atoms with Crippen LogP contribution in [0.3, 0.4) is 0 Å². The molecule has 0 bridgehead atoms. The van der Waals surface area contributed by atoms with Gasteiger partial charge in [-0.3, -0.25) is 0 Å². The summed E-state index contributed by atoms with van der Waals surface area (Å²) in [5.41, 5.74) is 2.94. The van der Waals surface area contributed by atoms with Crippen molar-refractivity contribution in [1.82, 2.24) is 14.9 Å². The number of hydrogen-bond acceptors (Lipinski definition) is 2. The molecule has 3 heteroatoms. The van der Waals surface area contributed by atoms with Gasteiger partial charge < -0.3 is 9.88 Å². The van der Waals surface area contributed by atoms with Crippen molar-refractivity contribution < 1.29 is 0 Å². The Labute approximate surface area is 129 Å². The Hall–Kier alpha value is -0.830. The smallest absolute Gasteiger partial charge is 0.114 e. The molecule has 1 aromatic heterocycles. The molecule has 3 rings (SSSR count). The van der Waals surface area contributed by atoms with E-state index in [1.54, 1.807) is 0 Å². The maximum absolute atomic E-state index is 5.06. The van der Waals surface area contributed by atoms with Crippen molar-refractivity contribution in [3.8, 4) is 0 Å². The van der Waals surface area contributed by atoms with Gasteiger partial charge in [-0.15, -0.1) is 0 Å². The van der Waals surface area contributed by atoms with Crippen LogP contribution in [0.1, 0.15) is 77.1 Å². The van der Waals surface area contributed by atoms with Crippen molar-refractivity contribution in [2.75, 3.05) is 6.54 Å². The lowest BCUT2D eigenvalue weighted by atomic mass is 9.77. The Morgan fingerprint density at radius 2 is 1.95 bits per heavy atom. The zero-order valence-electron chi connectivity index (χ0n) is 14.4. The van der Waals surface area contributed by atoms with Crippen molar-refractivity contribution in [3.63, 3.8) is 0 Å². The summed E-state index contributed by atoms with van der Waals surface area (Å²) in [6, 6.07) is 0.650. The molecule has 0 spiro atoms.